The van der Waals surface area contributed by atoms with Crippen molar-refractivity contribution in [3.63, 3.8) is 0 Å². The van der Waals surface area contributed by atoms with Gasteiger partial charge in [-0.3, -0.25) is 0 Å². The normalized spacial score (nSPS) is 43.2. The quantitative estimate of drug-likeness (QED) is 0.643. The van der Waals surface area contributed by atoms with Crippen molar-refractivity contribution in [2.24, 2.45) is 5.92 Å². The summed E-state index contributed by atoms with van der Waals surface area (Å²) >= 11 is 0. The van der Waals surface area contributed by atoms with E-state index in [4.69, 9.17) is 4.74 Å². The van der Waals surface area contributed by atoms with Crippen LogP contribution in [-0.2, 0) is 4.74 Å². The van der Waals surface area contributed by atoms with E-state index in [0.717, 1.165) is 19.1 Å². The Hall–Kier alpha value is -0.0800. The van der Waals surface area contributed by atoms with E-state index < -0.39 is 0 Å². The summed E-state index contributed by atoms with van der Waals surface area (Å²) in [5.74, 6) is 0.762. The van der Waals surface area contributed by atoms with Gasteiger partial charge < -0.3 is 10.1 Å². The van der Waals surface area contributed by atoms with Gasteiger partial charge >= 0.3 is 0 Å². The Morgan fingerprint density at radius 2 is 2.33 bits per heavy atom. The molecule has 2 unspecified atom stereocenters. The van der Waals surface area contributed by atoms with Crippen molar-refractivity contribution in [1.82, 2.24) is 5.32 Å². The van der Waals surface area contributed by atoms with Gasteiger partial charge in [0.15, 0.2) is 0 Å². The molecule has 1 N–H and O–H groups in total. The van der Waals surface area contributed by atoms with Crippen molar-refractivity contribution in [1.29, 1.82) is 0 Å². The molecule has 2 heteroatoms. The number of nitrogens with one attached hydrogen (secondary N) is 1. The van der Waals surface area contributed by atoms with E-state index in [1.807, 2.05) is 0 Å². The van der Waals surface area contributed by atoms with E-state index in [1.54, 1.807) is 0 Å². The third-order valence-electron chi connectivity index (χ3n) is 3.48. The fraction of sp³-hybridized carbons (Fsp3) is 1.00. The molecule has 2 fully saturated rings. The second kappa shape index (κ2) is 3.35. The van der Waals surface area contributed by atoms with Gasteiger partial charge in [-0.2, -0.15) is 0 Å². The second-order valence-electron chi connectivity index (χ2n) is 4.36. The lowest BCUT2D eigenvalue weighted by Crippen LogP contribution is -2.51. The largest absolute Gasteiger partial charge is 0.381 e. The van der Waals surface area contributed by atoms with Crippen LogP contribution in [0.15, 0.2) is 0 Å². The highest BCUT2D eigenvalue weighted by Crippen LogP contribution is 2.32. The average Bonchev–Trinajstić information content (AvgIpc) is 2.58. The van der Waals surface area contributed by atoms with E-state index in [9.17, 15) is 0 Å². The summed E-state index contributed by atoms with van der Waals surface area (Å²) in [5, 5.41) is 3.66. The molecular formula is C10H19NO. The standard InChI is InChI=1S/C10H19NO/c1-10(5-2-3-6-11-10)9-4-7-12-8-9/h9,11H,2-8H2,1H3. The van der Waals surface area contributed by atoms with E-state index in [-0.39, 0.29) is 0 Å². The summed E-state index contributed by atoms with van der Waals surface area (Å²) in [7, 11) is 0. The van der Waals surface area contributed by atoms with Gasteiger partial charge in [0.2, 0.25) is 0 Å². The molecule has 0 aromatic carbocycles. The molecule has 2 saturated heterocycles. The Labute approximate surface area is 74.7 Å². The molecule has 12 heavy (non-hydrogen) atoms. The summed E-state index contributed by atoms with van der Waals surface area (Å²) in [6, 6.07) is 0. The van der Waals surface area contributed by atoms with Crippen molar-refractivity contribution in [2.45, 2.75) is 38.1 Å². The van der Waals surface area contributed by atoms with Gasteiger partial charge in [-0.15, -0.1) is 0 Å². The van der Waals surface area contributed by atoms with Gasteiger partial charge in [0, 0.05) is 18.1 Å². The van der Waals surface area contributed by atoms with Gasteiger partial charge in [-0.1, -0.05) is 6.42 Å². The van der Waals surface area contributed by atoms with Crippen LogP contribution < -0.4 is 5.32 Å². The van der Waals surface area contributed by atoms with Crippen LogP contribution in [0.1, 0.15) is 32.6 Å². The van der Waals surface area contributed by atoms with E-state index in [2.05, 4.69) is 12.2 Å². The number of rotatable bonds is 1. The van der Waals surface area contributed by atoms with Crippen LogP contribution in [0.3, 0.4) is 0 Å². The van der Waals surface area contributed by atoms with Crippen LogP contribution in [0, 0.1) is 5.92 Å². The van der Waals surface area contributed by atoms with Crippen molar-refractivity contribution in [3.8, 4) is 0 Å². The minimum atomic E-state index is 0.384. The summed E-state index contributed by atoms with van der Waals surface area (Å²) in [5.41, 5.74) is 0.384. The molecule has 0 aromatic heterocycles. The molecule has 0 amide bonds. The predicted octanol–water partition coefficient (Wildman–Crippen LogP) is 1.56. The van der Waals surface area contributed by atoms with Crippen LogP contribution in [0.25, 0.3) is 0 Å². The maximum atomic E-state index is 5.44. The Balaban J connectivity index is 1.97. The molecule has 0 saturated carbocycles. The van der Waals surface area contributed by atoms with Crippen molar-refractivity contribution in [2.75, 3.05) is 19.8 Å². The summed E-state index contributed by atoms with van der Waals surface area (Å²) in [6.07, 6.45) is 5.33. The van der Waals surface area contributed by atoms with Gasteiger partial charge in [-0.05, 0) is 32.7 Å². The Morgan fingerprint density at radius 3 is 2.92 bits per heavy atom. The van der Waals surface area contributed by atoms with Gasteiger partial charge in [-0.25, -0.2) is 0 Å². The minimum Gasteiger partial charge on any atom is -0.381 e. The highest BCUT2D eigenvalue weighted by Gasteiger charge is 2.36. The molecule has 2 heterocycles. The Kier molecular flexibility index (Phi) is 2.37. The van der Waals surface area contributed by atoms with Gasteiger partial charge in [0.1, 0.15) is 0 Å². The molecule has 0 radical (unpaired) electrons. The van der Waals surface area contributed by atoms with Crippen LogP contribution in [0.2, 0.25) is 0 Å². The first kappa shape index (κ1) is 8.52. The summed E-state index contributed by atoms with van der Waals surface area (Å²) in [6.45, 7) is 5.52. The third kappa shape index (κ3) is 1.50. The Morgan fingerprint density at radius 1 is 1.42 bits per heavy atom. The molecule has 0 aliphatic carbocycles. The molecular weight excluding hydrogens is 150 g/mol. The van der Waals surface area contributed by atoms with Gasteiger partial charge in [0.25, 0.3) is 0 Å². The topological polar surface area (TPSA) is 21.3 Å². The first-order valence-corrected chi connectivity index (χ1v) is 5.14. The van der Waals surface area contributed by atoms with Crippen LogP contribution in [0.4, 0.5) is 0 Å². The zero-order valence-electron chi connectivity index (χ0n) is 7.94. The predicted molar refractivity (Wildman–Crippen MR) is 49.2 cm³/mol. The SMILES string of the molecule is CC1(C2CCOC2)CCCCN1. The maximum absolute atomic E-state index is 5.44. The minimum absolute atomic E-state index is 0.384. The fourth-order valence-corrected chi connectivity index (χ4v) is 2.47. The lowest BCUT2D eigenvalue weighted by molar-refractivity contribution is 0.136. The summed E-state index contributed by atoms with van der Waals surface area (Å²) < 4.78 is 5.44. The zero-order chi connectivity index (χ0) is 8.44. The van der Waals surface area contributed by atoms with E-state index in [1.165, 1.54) is 32.2 Å². The lowest BCUT2D eigenvalue weighted by Gasteiger charge is -2.39. The first-order chi connectivity index (χ1) is 5.81. The van der Waals surface area contributed by atoms with E-state index in [0.29, 0.717) is 5.54 Å². The zero-order valence-corrected chi connectivity index (χ0v) is 7.94. The van der Waals surface area contributed by atoms with Gasteiger partial charge in [0.05, 0.1) is 6.61 Å². The van der Waals surface area contributed by atoms with Crippen molar-refractivity contribution >= 4 is 0 Å². The number of piperidine rings is 1. The molecule has 2 aliphatic rings. The number of hydrogen-bond donors (Lipinski definition) is 1. The highest BCUT2D eigenvalue weighted by atomic mass is 16.5. The highest BCUT2D eigenvalue weighted by molar-refractivity contribution is 4.94. The smallest absolute Gasteiger partial charge is 0.0512 e. The monoisotopic (exact) mass is 169 g/mol. The van der Waals surface area contributed by atoms with Crippen LogP contribution in [-0.4, -0.2) is 25.3 Å². The molecule has 2 rings (SSSR count). The first-order valence-electron chi connectivity index (χ1n) is 5.14. The molecule has 0 spiro atoms. The molecule has 2 nitrogen and oxygen atoms in total. The molecule has 2 aliphatic heterocycles. The fourth-order valence-electron chi connectivity index (χ4n) is 2.47. The van der Waals surface area contributed by atoms with Crippen LogP contribution >= 0.6 is 0 Å². The molecule has 0 aromatic rings. The van der Waals surface area contributed by atoms with Crippen molar-refractivity contribution in [3.05, 3.63) is 0 Å². The third-order valence-corrected chi connectivity index (χ3v) is 3.48. The summed E-state index contributed by atoms with van der Waals surface area (Å²) in [4.78, 5) is 0. The lowest BCUT2D eigenvalue weighted by atomic mass is 9.79. The molecule has 2 atom stereocenters. The number of hydrogen-bond acceptors (Lipinski definition) is 2. The van der Waals surface area contributed by atoms with E-state index >= 15 is 0 Å². The second-order valence-corrected chi connectivity index (χ2v) is 4.36. The maximum Gasteiger partial charge on any atom is 0.0512 e. The van der Waals surface area contributed by atoms with Crippen LogP contribution in [0.5, 0.6) is 0 Å². The van der Waals surface area contributed by atoms with Crippen molar-refractivity contribution < 1.29 is 4.74 Å². The molecule has 0 bridgehead atoms. The average molecular weight is 169 g/mol. The number of ether oxygens (including phenoxy) is 1. The Bertz CT molecular complexity index is 146. The molecule has 70 valence electrons.